The number of nitrogens with one attached hydrogen (secondary N) is 1. The minimum absolute atomic E-state index is 0.247. The number of carboxylic acid groups (broad SMARTS) is 1. The summed E-state index contributed by atoms with van der Waals surface area (Å²) in [6.07, 6.45) is -0.247. The number of rotatable bonds is 4. The highest BCUT2D eigenvalue weighted by Gasteiger charge is 2.32. The number of amides is 1. The van der Waals surface area contributed by atoms with E-state index in [1.165, 1.54) is 0 Å². The first-order valence-electron chi connectivity index (χ1n) is 6.04. The summed E-state index contributed by atoms with van der Waals surface area (Å²) in [4.78, 5) is 22.2. The van der Waals surface area contributed by atoms with E-state index in [0.717, 1.165) is 17.3 Å². The van der Waals surface area contributed by atoms with Crippen molar-refractivity contribution in [1.82, 2.24) is 5.32 Å². The summed E-state index contributed by atoms with van der Waals surface area (Å²) < 4.78 is 0. The molecular weight excluding hydrogens is 314 g/mol. The molecule has 2 N–H and O–H groups in total. The van der Waals surface area contributed by atoms with Gasteiger partial charge in [0, 0.05) is 10.6 Å². The predicted molar refractivity (Wildman–Crippen MR) is 82.9 cm³/mol. The number of aliphatic carboxylic acids is 1. The van der Waals surface area contributed by atoms with Crippen LogP contribution in [-0.4, -0.2) is 33.1 Å². The summed E-state index contributed by atoms with van der Waals surface area (Å²) in [6, 6.07) is 7.21. The molecule has 1 amide bonds. The van der Waals surface area contributed by atoms with Gasteiger partial charge >= 0.3 is 5.97 Å². The molecule has 0 aromatic heterocycles. The molecule has 8 heteroatoms. The zero-order valence-corrected chi connectivity index (χ0v) is 12.6. The SMILES string of the molecule is C/C(=N/N=C1\NC(=O)[C@H](CC(=O)O)S1)c1ccccc1Cl. The van der Waals surface area contributed by atoms with Gasteiger partial charge in [0.05, 0.1) is 12.1 Å². The van der Waals surface area contributed by atoms with Gasteiger partial charge in [-0.3, -0.25) is 9.59 Å². The number of carboxylic acids is 1. The lowest BCUT2D eigenvalue weighted by Gasteiger charge is -2.01. The Balaban J connectivity index is 2.11. The van der Waals surface area contributed by atoms with Crippen molar-refractivity contribution in [3.05, 3.63) is 34.9 Å². The molecule has 1 atom stereocenters. The Labute approximate surface area is 130 Å². The third-order valence-electron chi connectivity index (χ3n) is 2.69. The molecule has 0 unspecified atom stereocenters. The fourth-order valence-electron chi connectivity index (χ4n) is 1.67. The molecule has 1 aliphatic rings. The number of carbonyl (C=O) groups is 2. The highest BCUT2D eigenvalue weighted by Crippen LogP contribution is 2.22. The van der Waals surface area contributed by atoms with Gasteiger partial charge < -0.3 is 10.4 Å². The predicted octanol–water partition coefficient (Wildman–Crippen LogP) is 2.13. The molecule has 1 aromatic rings. The van der Waals surface area contributed by atoms with Crippen LogP contribution in [0.15, 0.2) is 34.5 Å². The molecule has 6 nitrogen and oxygen atoms in total. The normalized spacial score (nSPS) is 20.7. The van der Waals surface area contributed by atoms with Crippen molar-refractivity contribution in [3.8, 4) is 0 Å². The molecule has 2 rings (SSSR count). The molecule has 0 radical (unpaired) electrons. The maximum atomic E-state index is 11.5. The lowest BCUT2D eigenvalue weighted by atomic mass is 10.1. The van der Waals surface area contributed by atoms with Crippen LogP contribution in [0.25, 0.3) is 0 Å². The number of halogens is 1. The van der Waals surface area contributed by atoms with E-state index in [0.29, 0.717) is 10.7 Å². The first-order chi connectivity index (χ1) is 9.97. The van der Waals surface area contributed by atoms with Crippen molar-refractivity contribution in [2.45, 2.75) is 18.6 Å². The number of benzene rings is 1. The monoisotopic (exact) mass is 325 g/mol. The van der Waals surface area contributed by atoms with Crippen molar-refractivity contribution in [2.24, 2.45) is 10.2 Å². The van der Waals surface area contributed by atoms with Gasteiger partial charge in [0.1, 0.15) is 5.25 Å². The van der Waals surface area contributed by atoms with Crippen LogP contribution in [0.5, 0.6) is 0 Å². The zero-order chi connectivity index (χ0) is 15.4. The van der Waals surface area contributed by atoms with Crippen molar-refractivity contribution in [1.29, 1.82) is 0 Å². The Morgan fingerprint density at radius 2 is 2.19 bits per heavy atom. The summed E-state index contributed by atoms with van der Waals surface area (Å²) in [5.41, 5.74) is 1.35. The van der Waals surface area contributed by atoms with Gasteiger partial charge in [-0.2, -0.15) is 5.10 Å². The molecular formula is C13H12ClN3O3S. The summed E-state index contributed by atoms with van der Waals surface area (Å²) in [7, 11) is 0. The van der Waals surface area contributed by atoms with Gasteiger partial charge in [0.25, 0.3) is 0 Å². The van der Waals surface area contributed by atoms with Crippen LogP contribution in [0.2, 0.25) is 5.02 Å². The zero-order valence-electron chi connectivity index (χ0n) is 11.0. The van der Waals surface area contributed by atoms with Crippen molar-refractivity contribution >= 4 is 46.1 Å². The van der Waals surface area contributed by atoms with Gasteiger partial charge in [0.15, 0.2) is 5.17 Å². The average molecular weight is 326 g/mol. The average Bonchev–Trinajstić information content (AvgIpc) is 2.76. The summed E-state index contributed by atoms with van der Waals surface area (Å²) in [5.74, 6) is -1.40. The van der Waals surface area contributed by atoms with Gasteiger partial charge in [0.2, 0.25) is 5.91 Å². The van der Waals surface area contributed by atoms with E-state index in [1.807, 2.05) is 18.2 Å². The van der Waals surface area contributed by atoms with Crippen LogP contribution in [0.3, 0.4) is 0 Å². The summed E-state index contributed by atoms with van der Waals surface area (Å²) in [5, 5.41) is 19.3. The quantitative estimate of drug-likeness (QED) is 0.655. The van der Waals surface area contributed by atoms with Crippen LogP contribution in [0.4, 0.5) is 0 Å². The van der Waals surface area contributed by atoms with Gasteiger partial charge in [-0.15, -0.1) is 5.10 Å². The van der Waals surface area contributed by atoms with E-state index in [1.54, 1.807) is 13.0 Å². The number of hydrogen-bond acceptors (Lipinski definition) is 5. The number of thioether (sulfide) groups is 1. The van der Waals surface area contributed by atoms with E-state index in [-0.39, 0.29) is 17.5 Å². The molecule has 1 heterocycles. The standard InChI is InChI=1S/C13H12ClN3O3S/c1-7(8-4-2-3-5-9(8)14)16-17-13-15-12(20)10(21-13)6-11(18)19/h2-5,10H,6H2,1H3,(H,18,19)(H,15,17,20)/b16-7-/t10-/m0/s1. The number of nitrogens with zero attached hydrogens (tertiary/aromatic N) is 2. The molecule has 0 spiro atoms. The van der Waals surface area contributed by atoms with Crippen molar-refractivity contribution < 1.29 is 14.7 Å². The second-order valence-electron chi connectivity index (χ2n) is 4.26. The van der Waals surface area contributed by atoms with E-state index in [9.17, 15) is 9.59 Å². The van der Waals surface area contributed by atoms with Crippen LogP contribution in [-0.2, 0) is 9.59 Å². The number of amidine groups is 1. The van der Waals surface area contributed by atoms with Crippen LogP contribution >= 0.6 is 23.4 Å². The third kappa shape index (κ3) is 4.05. The van der Waals surface area contributed by atoms with Gasteiger partial charge in [-0.25, -0.2) is 0 Å². The van der Waals surface area contributed by atoms with Crippen LogP contribution < -0.4 is 5.32 Å². The second-order valence-corrected chi connectivity index (χ2v) is 5.86. The topological polar surface area (TPSA) is 91.1 Å². The molecule has 1 fully saturated rings. The summed E-state index contributed by atoms with van der Waals surface area (Å²) in [6.45, 7) is 1.75. The fourth-order valence-corrected chi connectivity index (χ4v) is 2.86. The first-order valence-corrected chi connectivity index (χ1v) is 7.29. The minimum Gasteiger partial charge on any atom is -0.481 e. The lowest BCUT2D eigenvalue weighted by molar-refractivity contribution is -0.138. The molecule has 1 aliphatic heterocycles. The largest absolute Gasteiger partial charge is 0.481 e. The highest BCUT2D eigenvalue weighted by atomic mass is 35.5. The molecule has 1 aromatic carbocycles. The van der Waals surface area contributed by atoms with Gasteiger partial charge in [-0.05, 0) is 13.0 Å². The Morgan fingerprint density at radius 3 is 2.86 bits per heavy atom. The Bertz CT molecular complexity index is 645. The van der Waals surface area contributed by atoms with Crippen molar-refractivity contribution in [2.75, 3.05) is 0 Å². The molecule has 0 aliphatic carbocycles. The first kappa shape index (κ1) is 15.5. The Morgan fingerprint density at radius 1 is 1.48 bits per heavy atom. The minimum atomic E-state index is -1.03. The van der Waals surface area contributed by atoms with E-state index >= 15 is 0 Å². The molecule has 1 saturated heterocycles. The number of hydrogen-bond donors (Lipinski definition) is 2. The van der Waals surface area contributed by atoms with Gasteiger partial charge in [-0.1, -0.05) is 41.6 Å². The van der Waals surface area contributed by atoms with E-state index < -0.39 is 11.2 Å². The summed E-state index contributed by atoms with van der Waals surface area (Å²) >= 11 is 7.11. The molecule has 21 heavy (non-hydrogen) atoms. The highest BCUT2D eigenvalue weighted by molar-refractivity contribution is 8.15. The number of carbonyl (C=O) groups excluding carboxylic acids is 1. The van der Waals surface area contributed by atoms with E-state index in [2.05, 4.69) is 15.5 Å². The third-order valence-corrected chi connectivity index (χ3v) is 4.09. The Kier molecular flexibility index (Phi) is 4.98. The molecule has 110 valence electrons. The Hall–Kier alpha value is -1.86. The smallest absolute Gasteiger partial charge is 0.305 e. The molecule has 0 bridgehead atoms. The second kappa shape index (κ2) is 6.73. The van der Waals surface area contributed by atoms with Crippen LogP contribution in [0.1, 0.15) is 18.9 Å². The molecule has 0 saturated carbocycles. The maximum absolute atomic E-state index is 11.5. The fraction of sp³-hybridized carbons (Fsp3) is 0.231. The lowest BCUT2D eigenvalue weighted by Crippen LogP contribution is -2.26. The van der Waals surface area contributed by atoms with E-state index in [4.69, 9.17) is 16.7 Å². The van der Waals surface area contributed by atoms with Crippen LogP contribution in [0, 0.1) is 0 Å². The van der Waals surface area contributed by atoms with Crippen molar-refractivity contribution in [3.63, 3.8) is 0 Å². The maximum Gasteiger partial charge on any atom is 0.305 e.